The number of benzene rings is 1. The summed E-state index contributed by atoms with van der Waals surface area (Å²) >= 11 is 0. The quantitative estimate of drug-likeness (QED) is 0.497. The number of aryl methyl sites for hydroxylation is 1. The number of carbonyl (C=O) groups is 1. The summed E-state index contributed by atoms with van der Waals surface area (Å²) in [5, 5.41) is 12.1. The van der Waals surface area contributed by atoms with E-state index in [1.54, 1.807) is 11.5 Å². The number of nitriles is 1. The molecule has 194 valence electrons. The number of fused-ring (bicyclic) bond motifs is 1. The van der Waals surface area contributed by atoms with E-state index in [9.17, 15) is 14.4 Å². The number of amides is 1. The molecule has 2 unspecified atom stereocenters. The summed E-state index contributed by atoms with van der Waals surface area (Å²) in [5.74, 6) is 5.23. The van der Waals surface area contributed by atoms with Gasteiger partial charge in [-0.2, -0.15) is 9.94 Å². The second-order valence-electron chi connectivity index (χ2n) is 9.82. The molecule has 1 saturated carbocycles. The molecule has 1 aliphatic heterocycles. The van der Waals surface area contributed by atoms with Crippen LogP contribution in [0, 0.1) is 30.0 Å². The molecule has 0 bridgehead atoms. The number of nitrogens with zero attached hydrogens (tertiary/aromatic N) is 5. The molecule has 10 nitrogen and oxygen atoms in total. The fraction of sp³-hybridized carbons (Fsp3) is 0.600. The Morgan fingerprint density at radius 3 is 2.69 bits per heavy atom. The molecule has 2 fully saturated rings. The molecular formula is C25H34FN7O3. The fourth-order valence-corrected chi connectivity index (χ4v) is 5.62. The lowest BCUT2D eigenvalue weighted by Crippen LogP contribution is -2.49. The summed E-state index contributed by atoms with van der Waals surface area (Å²) in [6, 6.07) is 3.35. The number of anilines is 1. The van der Waals surface area contributed by atoms with Gasteiger partial charge < -0.3 is 16.1 Å². The summed E-state index contributed by atoms with van der Waals surface area (Å²) < 4.78 is 17.7. The maximum absolute atomic E-state index is 15.5. The van der Waals surface area contributed by atoms with Gasteiger partial charge >= 0.3 is 5.69 Å². The van der Waals surface area contributed by atoms with Gasteiger partial charge in [0, 0.05) is 57.2 Å². The van der Waals surface area contributed by atoms with Crippen LogP contribution < -0.4 is 27.3 Å². The zero-order valence-corrected chi connectivity index (χ0v) is 21.1. The van der Waals surface area contributed by atoms with Crippen molar-refractivity contribution in [3.05, 3.63) is 38.3 Å². The molecule has 0 spiro atoms. The van der Waals surface area contributed by atoms with E-state index in [0.717, 1.165) is 25.8 Å². The van der Waals surface area contributed by atoms with Gasteiger partial charge in [0.15, 0.2) is 0 Å². The van der Waals surface area contributed by atoms with Crippen LogP contribution in [0.25, 0.3) is 10.9 Å². The molecule has 2 heterocycles. The molecule has 3 N–H and O–H groups in total. The highest BCUT2D eigenvalue weighted by Gasteiger charge is 2.36. The van der Waals surface area contributed by atoms with Crippen LogP contribution in [0.2, 0.25) is 0 Å². The Balaban J connectivity index is 1.72. The SMILES string of the molecule is CCN(CCC#N)C(CNC(C)=O)C1CCN(c2c(F)cc3c(=O)n(N)c(=O)n(C4CC4)c3c2C)C1. The van der Waals surface area contributed by atoms with E-state index in [1.807, 2.05) is 11.8 Å². The van der Waals surface area contributed by atoms with Crippen LogP contribution in [0.15, 0.2) is 15.7 Å². The van der Waals surface area contributed by atoms with Gasteiger partial charge in [0.25, 0.3) is 5.56 Å². The second-order valence-corrected chi connectivity index (χ2v) is 9.82. The van der Waals surface area contributed by atoms with E-state index in [-0.39, 0.29) is 29.3 Å². The van der Waals surface area contributed by atoms with Crippen molar-refractivity contribution in [3.8, 4) is 6.07 Å². The van der Waals surface area contributed by atoms with Crippen LogP contribution in [0.4, 0.5) is 10.1 Å². The Hall–Kier alpha value is -3.39. The van der Waals surface area contributed by atoms with Crippen molar-refractivity contribution >= 4 is 22.5 Å². The second kappa shape index (κ2) is 10.3. The van der Waals surface area contributed by atoms with Crippen molar-refractivity contribution in [2.45, 2.75) is 58.5 Å². The molecule has 1 aromatic heterocycles. The topological polar surface area (TPSA) is 129 Å². The lowest BCUT2D eigenvalue weighted by molar-refractivity contribution is -0.119. The number of likely N-dealkylation sites (N-methyl/N-ethyl adjacent to an activating group) is 1. The van der Waals surface area contributed by atoms with Crippen molar-refractivity contribution in [1.29, 1.82) is 5.26 Å². The number of hydrogen-bond acceptors (Lipinski definition) is 7. The normalized spacial score (nSPS) is 18.6. The largest absolute Gasteiger partial charge is 0.369 e. The number of aromatic nitrogens is 2. The third-order valence-electron chi connectivity index (χ3n) is 7.51. The van der Waals surface area contributed by atoms with Crippen molar-refractivity contribution in [3.63, 3.8) is 0 Å². The van der Waals surface area contributed by atoms with Crippen LogP contribution in [-0.4, -0.2) is 58.8 Å². The van der Waals surface area contributed by atoms with E-state index in [0.29, 0.717) is 54.0 Å². The lowest BCUT2D eigenvalue weighted by Gasteiger charge is -2.35. The highest BCUT2D eigenvalue weighted by molar-refractivity contribution is 5.87. The Bertz CT molecular complexity index is 1320. The first-order valence-corrected chi connectivity index (χ1v) is 12.5. The van der Waals surface area contributed by atoms with Crippen LogP contribution in [0.5, 0.6) is 0 Å². The van der Waals surface area contributed by atoms with Crippen LogP contribution in [0.1, 0.15) is 51.1 Å². The number of nitrogen functional groups attached to an aromatic ring is 1. The fourth-order valence-electron chi connectivity index (χ4n) is 5.62. The lowest BCUT2D eigenvalue weighted by atomic mass is 9.96. The van der Waals surface area contributed by atoms with Gasteiger partial charge in [-0.05, 0) is 44.7 Å². The first-order chi connectivity index (χ1) is 17.2. The van der Waals surface area contributed by atoms with Gasteiger partial charge in [-0.1, -0.05) is 6.92 Å². The molecule has 1 amide bonds. The van der Waals surface area contributed by atoms with E-state index < -0.39 is 17.1 Å². The van der Waals surface area contributed by atoms with Gasteiger partial charge in [0.2, 0.25) is 5.91 Å². The number of carbonyl (C=O) groups excluding carboxylic acids is 1. The first kappa shape index (κ1) is 25.7. The van der Waals surface area contributed by atoms with Crippen LogP contribution in [-0.2, 0) is 4.79 Å². The smallest absolute Gasteiger partial charge is 0.350 e. The molecule has 2 aliphatic rings. The maximum Gasteiger partial charge on any atom is 0.350 e. The number of halogens is 1. The van der Waals surface area contributed by atoms with Crippen molar-refractivity contribution in [2.24, 2.45) is 5.92 Å². The van der Waals surface area contributed by atoms with Gasteiger partial charge in [0.05, 0.1) is 22.7 Å². The summed E-state index contributed by atoms with van der Waals surface area (Å²) in [6.45, 7) is 8.18. The molecule has 2 atom stereocenters. The maximum atomic E-state index is 15.5. The minimum Gasteiger partial charge on any atom is -0.369 e. The Kier molecular flexibility index (Phi) is 7.36. The predicted octanol–water partition coefficient (Wildman–Crippen LogP) is 1.23. The predicted molar refractivity (Wildman–Crippen MR) is 136 cm³/mol. The number of rotatable bonds is 9. The molecule has 0 radical (unpaired) electrons. The van der Waals surface area contributed by atoms with E-state index in [2.05, 4.69) is 16.3 Å². The van der Waals surface area contributed by atoms with Gasteiger partial charge in [-0.3, -0.25) is 19.1 Å². The Labute approximate surface area is 209 Å². The molecule has 1 saturated heterocycles. The van der Waals surface area contributed by atoms with Gasteiger partial charge in [-0.15, -0.1) is 0 Å². The van der Waals surface area contributed by atoms with E-state index in [4.69, 9.17) is 11.1 Å². The molecule has 1 aromatic carbocycles. The first-order valence-electron chi connectivity index (χ1n) is 12.5. The third kappa shape index (κ3) is 4.69. The molecular weight excluding hydrogens is 465 g/mol. The Morgan fingerprint density at radius 2 is 2.08 bits per heavy atom. The number of nitrogens with two attached hydrogens (primary N) is 1. The summed E-state index contributed by atoms with van der Waals surface area (Å²) in [7, 11) is 0. The van der Waals surface area contributed by atoms with Gasteiger partial charge in [0.1, 0.15) is 5.82 Å². The monoisotopic (exact) mass is 499 g/mol. The zero-order valence-electron chi connectivity index (χ0n) is 21.1. The third-order valence-corrected chi connectivity index (χ3v) is 7.51. The van der Waals surface area contributed by atoms with Crippen LogP contribution >= 0.6 is 0 Å². The number of hydrogen-bond donors (Lipinski definition) is 2. The van der Waals surface area contributed by atoms with Gasteiger partial charge in [-0.25, -0.2) is 9.18 Å². The Morgan fingerprint density at radius 1 is 1.36 bits per heavy atom. The average Bonchev–Trinajstić information content (AvgIpc) is 3.57. The van der Waals surface area contributed by atoms with Crippen molar-refractivity contribution < 1.29 is 9.18 Å². The highest BCUT2D eigenvalue weighted by atomic mass is 19.1. The van der Waals surface area contributed by atoms with E-state index >= 15 is 4.39 Å². The van der Waals surface area contributed by atoms with E-state index in [1.165, 1.54) is 13.0 Å². The molecule has 1 aliphatic carbocycles. The minimum absolute atomic E-state index is 0.00448. The van der Waals surface area contributed by atoms with Crippen molar-refractivity contribution in [2.75, 3.05) is 43.5 Å². The molecule has 2 aromatic rings. The number of nitrogens with one attached hydrogen (secondary N) is 1. The highest BCUT2D eigenvalue weighted by Crippen LogP contribution is 2.39. The standard InChI is InChI=1S/C25H34FN7O3/c1-4-30(10-5-9-27)21(13-29-16(3)34)17-8-11-31(14-17)23-15(2)22-19(12-20(23)26)24(35)33(28)25(36)32(22)18-6-7-18/h12,17-18,21H,4-8,10-11,13-14,28H2,1-3H3,(H,29,34). The zero-order chi connectivity index (χ0) is 26.1. The molecule has 36 heavy (non-hydrogen) atoms. The molecule has 11 heteroatoms. The summed E-state index contributed by atoms with van der Waals surface area (Å²) in [6.07, 6.45) is 2.79. The van der Waals surface area contributed by atoms with Crippen molar-refractivity contribution in [1.82, 2.24) is 19.5 Å². The average molecular weight is 500 g/mol. The van der Waals surface area contributed by atoms with Crippen LogP contribution in [0.3, 0.4) is 0 Å². The summed E-state index contributed by atoms with van der Waals surface area (Å²) in [5.41, 5.74) is 0.120. The summed E-state index contributed by atoms with van der Waals surface area (Å²) in [4.78, 5) is 41.4. The molecule has 4 rings (SSSR count). The minimum atomic E-state index is -0.703.